The molecule has 1 aliphatic rings. The van der Waals surface area contributed by atoms with E-state index in [1.807, 2.05) is 43.3 Å². The number of carbonyl (C=O) groups is 1. The summed E-state index contributed by atoms with van der Waals surface area (Å²) in [4.78, 5) is 17.7. The monoisotopic (exact) mass is 477 g/mol. The van der Waals surface area contributed by atoms with Gasteiger partial charge < -0.3 is 10.4 Å². The molecule has 1 aliphatic heterocycles. The summed E-state index contributed by atoms with van der Waals surface area (Å²) in [5, 5.41) is 12.4. The molecule has 1 amide bonds. The average molecular weight is 478 g/mol. The third-order valence-electron chi connectivity index (χ3n) is 5.70. The van der Waals surface area contributed by atoms with E-state index in [4.69, 9.17) is 0 Å². The smallest absolute Gasteiger partial charge is 0.263 e. The minimum atomic E-state index is -3.66. The zero-order valence-electron chi connectivity index (χ0n) is 18.9. The lowest BCUT2D eigenvalue weighted by atomic mass is 10.0. The average Bonchev–Trinajstić information content (AvgIpc) is 3.11. The van der Waals surface area contributed by atoms with Gasteiger partial charge in [0, 0.05) is 12.1 Å². The van der Waals surface area contributed by atoms with E-state index in [1.54, 1.807) is 30.3 Å². The Bertz CT molecular complexity index is 1300. The van der Waals surface area contributed by atoms with Gasteiger partial charge in [-0.1, -0.05) is 68.3 Å². The Kier molecular flexibility index (Phi) is 6.98. The first-order chi connectivity index (χ1) is 16.4. The molecule has 0 saturated heterocycles. The van der Waals surface area contributed by atoms with Gasteiger partial charge in [0.25, 0.3) is 10.0 Å². The van der Waals surface area contributed by atoms with Crippen LogP contribution in [-0.2, 0) is 21.4 Å². The maximum atomic E-state index is 13.0. The fourth-order valence-electron chi connectivity index (χ4n) is 3.81. The van der Waals surface area contributed by atoms with Crippen molar-refractivity contribution in [1.29, 1.82) is 0 Å². The molecule has 0 unspecified atom stereocenters. The maximum absolute atomic E-state index is 13.0. The van der Waals surface area contributed by atoms with Crippen molar-refractivity contribution in [3.05, 3.63) is 83.9 Å². The number of unbranched alkanes of at least 4 members (excludes halogenated alkanes) is 1. The van der Waals surface area contributed by atoms with E-state index in [0.29, 0.717) is 18.5 Å². The number of fused-ring (bicyclic) bond motifs is 1. The largest absolute Gasteiger partial charge is 0.508 e. The molecule has 0 spiro atoms. The number of amidine groups is 1. The van der Waals surface area contributed by atoms with Gasteiger partial charge in [0.2, 0.25) is 5.91 Å². The number of nitrogens with zero attached hydrogens (tertiary/aromatic N) is 1. The van der Waals surface area contributed by atoms with Gasteiger partial charge >= 0.3 is 0 Å². The lowest BCUT2D eigenvalue weighted by Gasteiger charge is -2.14. The highest BCUT2D eigenvalue weighted by molar-refractivity contribution is 7.90. The zero-order valence-corrected chi connectivity index (χ0v) is 19.7. The van der Waals surface area contributed by atoms with E-state index in [0.717, 1.165) is 29.5 Å². The van der Waals surface area contributed by atoms with Gasteiger partial charge in [0.15, 0.2) is 0 Å². The zero-order chi connectivity index (χ0) is 24.1. The predicted octanol–water partition coefficient (Wildman–Crippen LogP) is 3.97. The van der Waals surface area contributed by atoms with Crippen LogP contribution in [-0.4, -0.2) is 31.3 Å². The normalized spacial score (nSPS) is 16.0. The minimum absolute atomic E-state index is 0.178. The van der Waals surface area contributed by atoms with Crippen LogP contribution in [0, 0.1) is 0 Å². The van der Waals surface area contributed by atoms with Crippen molar-refractivity contribution < 1.29 is 18.3 Å². The summed E-state index contributed by atoms with van der Waals surface area (Å²) in [7, 11) is -3.66. The third kappa shape index (κ3) is 5.28. The molecule has 176 valence electrons. The molecule has 1 heterocycles. The molecule has 3 N–H and O–H groups in total. The fourth-order valence-corrected chi connectivity index (χ4v) is 5.05. The molecule has 0 aromatic heterocycles. The number of phenols is 1. The highest BCUT2D eigenvalue weighted by Gasteiger charge is 2.31. The summed E-state index contributed by atoms with van der Waals surface area (Å²) >= 11 is 0. The van der Waals surface area contributed by atoms with Crippen molar-refractivity contribution in [2.45, 2.75) is 43.7 Å². The predicted molar refractivity (Wildman–Crippen MR) is 132 cm³/mol. The van der Waals surface area contributed by atoms with Crippen LogP contribution in [0.2, 0.25) is 0 Å². The molecule has 34 heavy (non-hydrogen) atoms. The van der Waals surface area contributed by atoms with Gasteiger partial charge in [0.1, 0.15) is 17.6 Å². The van der Waals surface area contributed by atoms with Crippen molar-refractivity contribution in [3.63, 3.8) is 0 Å². The standard InChI is InChI=1S/C26H27N3O4S/c1-2-3-7-23(28-25-22-6-4-5-8-24(22)34(32,33)29-25)26(31)27-17-18-9-11-19(12-10-18)20-13-15-21(30)16-14-20/h4-6,8-16,23,30H,2-3,7,17H2,1H3,(H,27,31)(H,28,29)/t23-/m0/s1. The van der Waals surface area contributed by atoms with E-state index < -0.39 is 16.1 Å². The van der Waals surface area contributed by atoms with Crippen LogP contribution in [0.5, 0.6) is 5.75 Å². The molecule has 7 nitrogen and oxygen atoms in total. The molecule has 3 aromatic rings. The molecule has 4 rings (SSSR count). The summed E-state index contributed by atoms with van der Waals surface area (Å²) in [5.74, 6) is 0.190. The molecule has 3 aromatic carbocycles. The number of benzene rings is 3. The number of sulfonamides is 1. The first-order valence-corrected chi connectivity index (χ1v) is 12.7. The van der Waals surface area contributed by atoms with Crippen LogP contribution in [0.4, 0.5) is 0 Å². The van der Waals surface area contributed by atoms with Crippen LogP contribution >= 0.6 is 0 Å². The van der Waals surface area contributed by atoms with Crippen LogP contribution in [0.15, 0.2) is 82.7 Å². The van der Waals surface area contributed by atoms with Crippen molar-refractivity contribution in [1.82, 2.24) is 10.0 Å². The number of carbonyl (C=O) groups excluding carboxylic acids is 1. The van der Waals surface area contributed by atoms with Gasteiger partial charge in [0.05, 0.1) is 4.90 Å². The second-order valence-corrected chi connectivity index (χ2v) is 9.85. The molecular weight excluding hydrogens is 450 g/mol. The maximum Gasteiger partial charge on any atom is 0.263 e. The Morgan fingerprint density at radius 2 is 1.65 bits per heavy atom. The summed E-state index contributed by atoms with van der Waals surface area (Å²) in [6.07, 6.45) is 2.22. The van der Waals surface area contributed by atoms with Gasteiger partial charge in [-0.05, 0) is 47.4 Å². The van der Waals surface area contributed by atoms with E-state index in [9.17, 15) is 18.3 Å². The van der Waals surface area contributed by atoms with Crippen molar-refractivity contribution >= 4 is 21.8 Å². The Morgan fingerprint density at radius 1 is 1.00 bits per heavy atom. The molecule has 0 bridgehead atoms. The molecular formula is C26H27N3O4S. The van der Waals surface area contributed by atoms with Crippen LogP contribution in [0.3, 0.4) is 0 Å². The number of rotatable bonds is 8. The third-order valence-corrected chi connectivity index (χ3v) is 7.10. The van der Waals surface area contributed by atoms with Gasteiger partial charge in [-0.25, -0.2) is 8.42 Å². The number of phenolic OH excluding ortho intramolecular Hbond substituents is 1. The van der Waals surface area contributed by atoms with E-state index in [-0.39, 0.29) is 22.4 Å². The number of nitrogens with one attached hydrogen (secondary N) is 2. The quantitative estimate of drug-likeness (QED) is 0.456. The van der Waals surface area contributed by atoms with E-state index >= 15 is 0 Å². The fraction of sp³-hybridized carbons (Fsp3) is 0.231. The van der Waals surface area contributed by atoms with Gasteiger partial charge in [-0.15, -0.1) is 0 Å². The topological polar surface area (TPSA) is 108 Å². The van der Waals surface area contributed by atoms with Crippen molar-refractivity contribution in [3.8, 4) is 16.9 Å². The second kappa shape index (κ2) is 10.1. The summed E-state index contributed by atoms with van der Waals surface area (Å²) < 4.78 is 27.2. The SMILES string of the molecule is CCCC[C@H](N=C1NS(=O)(=O)c2ccccc21)C(=O)NCc1ccc(-c2ccc(O)cc2)cc1. The molecule has 0 radical (unpaired) electrons. The lowest BCUT2D eigenvalue weighted by Crippen LogP contribution is -2.35. The number of amides is 1. The Morgan fingerprint density at radius 3 is 2.32 bits per heavy atom. The number of hydrogen-bond donors (Lipinski definition) is 3. The molecule has 1 atom stereocenters. The van der Waals surface area contributed by atoms with Crippen LogP contribution in [0.25, 0.3) is 11.1 Å². The van der Waals surface area contributed by atoms with Crippen molar-refractivity contribution in [2.75, 3.05) is 0 Å². The second-order valence-electron chi connectivity index (χ2n) is 8.20. The molecule has 0 fully saturated rings. The molecule has 8 heteroatoms. The number of aliphatic imine (C=N–C) groups is 1. The van der Waals surface area contributed by atoms with E-state index in [2.05, 4.69) is 15.0 Å². The summed E-state index contributed by atoms with van der Waals surface area (Å²) in [6, 6.07) is 20.7. The summed E-state index contributed by atoms with van der Waals surface area (Å²) in [5.41, 5.74) is 3.42. The Hall–Kier alpha value is -3.65. The van der Waals surface area contributed by atoms with Crippen LogP contribution < -0.4 is 10.0 Å². The van der Waals surface area contributed by atoms with Gasteiger partial charge in [-0.3, -0.25) is 14.5 Å². The highest BCUT2D eigenvalue weighted by Crippen LogP contribution is 2.24. The Labute approximate surface area is 199 Å². The molecule has 0 saturated carbocycles. The lowest BCUT2D eigenvalue weighted by molar-refractivity contribution is -0.122. The number of hydrogen-bond acceptors (Lipinski definition) is 5. The van der Waals surface area contributed by atoms with Crippen LogP contribution in [0.1, 0.15) is 37.3 Å². The van der Waals surface area contributed by atoms with E-state index in [1.165, 1.54) is 6.07 Å². The number of aromatic hydroxyl groups is 1. The Balaban J connectivity index is 1.46. The minimum Gasteiger partial charge on any atom is -0.508 e. The first-order valence-electron chi connectivity index (χ1n) is 11.2. The molecule has 0 aliphatic carbocycles. The first kappa shape index (κ1) is 23.5. The summed E-state index contributed by atoms with van der Waals surface area (Å²) in [6.45, 7) is 2.37. The van der Waals surface area contributed by atoms with Crippen molar-refractivity contribution in [2.24, 2.45) is 4.99 Å². The van der Waals surface area contributed by atoms with Gasteiger partial charge in [-0.2, -0.15) is 0 Å². The highest BCUT2D eigenvalue weighted by atomic mass is 32.2.